The molecule has 7 nitrogen and oxygen atoms in total. The van der Waals surface area contributed by atoms with Crippen LogP contribution in [0.5, 0.6) is 0 Å². The number of benzene rings is 1. The molecule has 0 bridgehead atoms. The van der Waals surface area contributed by atoms with Crippen LogP contribution in [-0.4, -0.2) is 39.9 Å². The Bertz CT molecular complexity index is 789. The third-order valence-electron chi connectivity index (χ3n) is 2.94. The van der Waals surface area contributed by atoms with Crippen molar-refractivity contribution in [3.8, 4) is 0 Å². The van der Waals surface area contributed by atoms with Crippen molar-refractivity contribution in [1.82, 2.24) is 15.1 Å². The second-order valence-electron chi connectivity index (χ2n) is 4.24. The van der Waals surface area contributed by atoms with Crippen molar-refractivity contribution in [2.24, 2.45) is 0 Å². The van der Waals surface area contributed by atoms with Gasteiger partial charge in [0.25, 0.3) is 17.7 Å². The predicted molar refractivity (Wildman–Crippen MR) is 75.7 cm³/mol. The minimum atomic E-state index is -0.482. The summed E-state index contributed by atoms with van der Waals surface area (Å²) < 4.78 is 0.163. The van der Waals surface area contributed by atoms with Crippen LogP contribution in [-0.2, 0) is 0 Å². The van der Waals surface area contributed by atoms with E-state index in [0.29, 0.717) is 11.3 Å². The molecule has 0 spiro atoms. The van der Waals surface area contributed by atoms with Gasteiger partial charge in [0, 0.05) is 12.7 Å². The number of hydrogen-bond acceptors (Lipinski definition) is 6. The van der Waals surface area contributed by atoms with Crippen LogP contribution in [0.15, 0.2) is 18.2 Å². The van der Waals surface area contributed by atoms with Crippen LogP contribution in [0.3, 0.4) is 0 Å². The molecule has 2 aromatic rings. The number of imide groups is 1. The number of amides is 3. The Morgan fingerprint density at radius 2 is 1.95 bits per heavy atom. The number of carbonyl (C=O) groups excluding carboxylic acids is 3. The van der Waals surface area contributed by atoms with E-state index in [1.807, 2.05) is 0 Å². The standard InChI is InChI=1S/C12H7ClN4O3S/c1-17-10(19)6-3-2-5(4-7(6)11(17)20)14-8(18)9-15-16-12(13)21-9/h2-4H,1H3,(H,14,18). The van der Waals surface area contributed by atoms with Crippen molar-refractivity contribution in [1.29, 1.82) is 0 Å². The highest BCUT2D eigenvalue weighted by molar-refractivity contribution is 7.17. The van der Waals surface area contributed by atoms with Gasteiger partial charge < -0.3 is 5.32 Å². The first-order chi connectivity index (χ1) is 9.97. The summed E-state index contributed by atoms with van der Waals surface area (Å²) >= 11 is 6.56. The first-order valence-corrected chi connectivity index (χ1v) is 6.93. The topological polar surface area (TPSA) is 92.3 Å². The molecule has 0 unspecified atom stereocenters. The average molecular weight is 323 g/mol. The highest BCUT2D eigenvalue weighted by Crippen LogP contribution is 2.25. The first kappa shape index (κ1) is 13.7. The third kappa shape index (κ3) is 2.28. The maximum Gasteiger partial charge on any atom is 0.286 e. The van der Waals surface area contributed by atoms with Gasteiger partial charge in [0.2, 0.25) is 9.47 Å². The normalized spacial score (nSPS) is 13.5. The zero-order valence-electron chi connectivity index (χ0n) is 10.6. The van der Waals surface area contributed by atoms with Crippen LogP contribution < -0.4 is 5.32 Å². The van der Waals surface area contributed by atoms with Crippen LogP contribution in [0.4, 0.5) is 5.69 Å². The van der Waals surface area contributed by atoms with Crippen LogP contribution in [0.2, 0.25) is 4.47 Å². The van der Waals surface area contributed by atoms with Crippen molar-refractivity contribution in [2.75, 3.05) is 12.4 Å². The van der Waals surface area contributed by atoms with Gasteiger partial charge in [-0.1, -0.05) is 11.3 Å². The molecule has 9 heteroatoms. The number of anilines is 1. The van der Waals surface area contributed by atoms with Gasteiger partial charge in [-0.05, 0) is 29.8 Å². The molecule has 0 atom stereocenters. The lowest BCUT2D eigenvalue weighted by Crippen LogP contribution is -2.24. The second-order valence-corrected chi connectivity index (χ2v) is 5.80. The van der Waals surface area contributed by atoms with E-state index in [4.69, 9.17) is 11.6 Å². The molecule has 0 saturated carbocycles. The Kier molecular flexibility index (Phi) is 3.19. The molecular formula is C12H7ClN4O3S. The summed E-state index contributed by atoms with van der Waals surface area (Å²) in [5, 5.41) is 9.85. The number of nitrogens with one attached hydrogen (secondary N) is 1. The summed E-state index contributed by atoms with van der Waals surface area (Å²) in [5.41, 5.74) is 0.969. The summed E-state index contributed by atoms with van der Waals surface area (Å²) in [6, 6.07) is 4.51. The lowest BCUT2D eigenvalue weighted by atomic mass is 10.1. The number of nitrogens with zero attached hydrogens (tertiary/aromatic N) is 3. The van der Waals surface area contributed by atoms with Gasteiger partial charge in [-0.25, -0.2) is 0 Å². The van der Waals surface area contributed by atoms with E-state index in [1.54, 1.807) is 6.07 Å². The molecule has 1 N–H and O–H groups in total. The lowest BCUT2D eigenvalue weighted by Gasteiger charge is -2.04. The van der Waals surface area contributed by atoms with E-state index >= 15 is 0 Å². The van der Waals surface area contributed by atoms with E-state index in [9.17, 15) is 14.4 Å². The highest BCUT2D eigenvalue weighted by atomic mass is 35.5. The highest BCUT2D eigenvalue weighted by Gasteiger charge is 2.32. The number of fused-ring (bicyclic) bond motifs is 1. The SMILES string of the molecule is CN1C(=O)c2ccc(NC(=O)c3nnc(Cl)s3)cc2C1=O. The maximum atomic E-state index is 11.9. The molecule has 1 aliphatic heterocycles. The summed E-state index contributed by atoms with van der Waals surface area (Å²) in [6.45, 7) is 0. The van der Waals surface area contributed by atoms with Gasteiger partial charge in [0.05, 0.1) is 11.1 Å². The number of halogens is 1. The minimum Gasteiger partial charge on any atom is -0.320 e. The van der Waals surface area contributed by atoms with Gasteiger partial charge in [-0.3, -0.25) is 19.3 Å². The molecule has 1 aromatic heterocycles. The zero-order valence-corrected chi connectivity index (χ0v) is 12.2. The van der Waals surface area contributed by atoms with E-state index in [0.717, 1.165) is 16.2 Å². The third-order valence-corrected chi connectivity index (χ3v) is 3.96. The Balaban J connectivity index is 1.87. The van der Waals surface area contributed by atoms with Gasteiger partial charge in [0.15, 0.2) is 0 Å². The molecular weight excluding hydrogens is 316 g/mol. The van der Waals surface area contributed by atoms with Crippen LogP contribution in [0.25, 0.3) is 0 Å². The molecule has 106 valence electrons. The molecule has 2 heterocycles. The smallest absolute Gasteiger partial charge is 0.286 e. The van der Waals surface area contributed by atoms with Crippen molar-refractivity contribution >= 4 is 46.3 Å². The first-order valence-electron chi connectivity index (χ1n) is 5.74. The van der Waals surface area contributed by atoms with Crippen LogP contribution >= 0.6 is 22.9 Å². The molecule has 1 aliphatic rings. The predicted octanol–water partition coefficient (Wildman–Crippen LogP) is 1.67. The van der Waals surface area contributed by atoms with E-state index in [2.05, 4.69) is 15.5 Å². The molecule has 0 fully saturated rings. The average Bonchev–Trinajstić information content (AvgIpc) is 2.98. The quantitative estimate of drug-likeness (QED) is 0.849. The number of aromatic nitrogens is 2. The summed E-state index contributed by atoms with van der Waals surface area (Å²) in [7, 11) is 1.41. The van der Waals surface area contributed by atoms with Crippen molar-refractivity contribution < 1.29 is 14.4 Å². The monoisotopic (exact) mass is 322 g/mol. The van der Waals surface area contributed by atoms with Crippen LogP contribution in [0, 0.1) is 0 Å². The Morgan fingerprint density at radius 1 is 1.24 bits per heavy atom. The second kappa shape index (κ2) is 4.90. The largest absolute Gasteiger partial charge is 0.320 e. The molecule has 0 aliphatic carbocycles. The van der Waals surface area contributed by atoms with E-state index in [1.165, 1.54) is 19.2 Å². The summed E-state index contributed by atoms with van der Waals surface area (Å²) in [5.74, 6) is -1.24. The minimum absolute atomic E-state index is 0.111. The Labute approximate surface area is 127 Å². The molecule has 0 saturated heterocycles. The van der Waals surface area contributed by atoms with Gasteiger partial charge in [0.1, 0.15) is 0 Å². The summed E-state index contributed by atoms with van der Waals surface area (Å²) in [4.78, 5) is 36.6. The Morgan fingerprint density at radius 3 is 2.62 bits per heavy atom. The maximum absolute atomic E-state index is 11.9. The van der Waals surface area contributed by atoms with Crippen LogP contribution in [0.1, 0.15) is 30.5 Å². The molecule has 3 amide bonds. The number of carbonyl (C=O) groups is 3. The Hall–Kier alpha value is -2.32. The lowest BCUT2D eigenvalue weighted by molar-refractivity contribution is 0.0692. The van der Waals surface area contributed by atoms with E-state index < -0.39 is 11.8 Å². The number of rotatable bonds is 2. The summed E-state index contributed by atoms with van der Waals surface area (Å²) in [6.07, 6.45) is 0. The van der Waals surface area contributed by atoms with Gasteiger partial charge >= 0.3 is 0 Å². The fraction of sp³-hybridized carbons (Fsp3) is 0.0833. The molecule has 0 radical (unpaired) electrons. The number of hydrogen-bond donors (Lipinski definition) is 1. The van der Waals surface area contributed by atoms with Crippen molar-refractivity contribution in [3.05, 3.63) is 38.8 Å². The fourth-order valence-corrected chi connectivity index (χ4v) is 2.64. The zero-order chi connectivity index (χ0) is 15.1. The van der Waals surface area contributed by atoms with E-state index in [-0.39, 0.29) is 20.9 Å². The van der Waals surface area contributed by atoms with Gasteiger partial charge in [-0.15, -0.1) is 10.2 Å². The fourth-order valence-electron chi connectivity index (χ4n) is 1.92. The van der Waals surface area contributed by atoms with Crippen molar-refractivity contribution in [2.45, 2.75) is 0 Å². The molecule has 3 rings (SSSR count). The van der Waals surface area contributed by atoms with Gasteiger partial charge in [-0.2, -0.15) is 0 Å². The molecule has 21 heavy (non-hydrogen) atoms. The molecule has 1 aromatic carbocycles. The van der Waals surface area contributed by atoms with Crippen molar-refractivity contribution in [3.63, 3.8) is 0 Å².